The number of anilines is 1. The van der Waals surface area contributed by atoms with Crippen molar-refractivity contribution in [1.29, 1.82) is 0 Å². The van der Waals surface area contributed by atoms with Gasteiger partial charge >= 0.3 is 12.0 Å². The monoisotopic (exact) mass is 334 g/mol. The Morgan fingerprint density at radius 3 is 2.71 bits per heavy atom. The van der Waals surface area contributed by atoms with Crippen molar-refractivity contribution in [2.45, 2.75) is 33.7 Å². The number of nitrogens with zero attached hydrogens (tertiary/aromatic N) is 2. The number of amides is 2. The third-order valence-corrected chi connectivity index (χ3v) is 3.62. The van der Waals surface area contributed by atoms with Crippen molar-refractivity contribution < 1.29 is 18.8 Å². The fraction of sp³-hybridized carbons (Fsp3) is 0.438. The molecule has 8 heteroatoms. The van der Waals surface area contributed by atoms with Crippen molar-refractivity contribution in [3.63, 3.8) is 0 Å². The number of hydrogen-bond donors (Lipinski definition) is 2. The normalized spacial score (nSPS) is 11.9. The number of carbonyl (C=O) groups excluding carboxylic acids is 2. The van der Waals surface area contributed by atoms with Crippen LogP contribution in [0.3, 0.4) is 0 Å². The van der Waals surface area contributed by atoms with Gasteiger partial charge in [0.15, 0.2) is 0 Å². The van der Waals surface area contributed by atoms with Crippen molar-refractivity contribution >= 4 is 17.7 Å². The Morgan fingerprint density at radius 1 is 1.42 bits per heavy atom. The highest BCUT2D eigenvalue weighted by atomic mass is 16.5. The molecule has 0 spiro atoms. The highest BCUT2D eigenvalue weighted by molar-refractivity contribution is 5.93. The van der Waals surface area contributed by atoms with Gasteiger partial charge in [0, 0.05) is 18.8 Å². The summed E-state index contributed by atoms with van der Waals surface area (Å²) in [5, 5.41) is 9.40. The Balaban J connectivity index is 2.02. The van der Waals surface area contributed by atoms with Crippen LogP contribution in [0.5, 0.6) is 0 Å². The number of aromatic nitrogens is 2. The SMILES string of the molecule is CCOC(=O)c1cc(NC(=O)N[C@@H](C)c2c(C)noc2C)cn1C. The lowest BCUT2D eigenvalue weighted by Crippen LogP contribution is -2.31. The van der Waals surface area contributed by atoms with Crippen LogP contribution in [0.25, 0.3) is 0 Å². The zero-order valence-electron chi connectivity index (χ0n) is 14.5. The maximum atomic E-state index is 12.2. The molecule has 1 atom stereocenters. The Bertz CT molecular complexity index is 728. The maximum Gasteiger partial charge on any atom is 0.355 e. The highest BCUT2D eigenvalue weighted by Crippen LogP contribution is 2.21. The lowest BCUT2D eigenvalue weighted by atomic mass is 10.1. The lowest BCUT2D eigenvalue weighted by molar-refractivity contribution is 0.0515. The molecule has 0 aliphatic heterocycles. The van der Waals surface area contributed by atoms with Crippen LogP contribution in [0.15, 0.2) is 16.8 Å². The van der Waals surface area contributed by atoms with Crippen LogP contribution >= 0.6 is 0 Å². The number of aryl methyl sites for hydroxylation is 3. The fourth-order valence-corrected chi connectivity index (χ4v) is 2.59. The molecule has 0 fully saturated rings. The quantitative estimate of drug-likeness (QED) is 0.819. The standard InChI is InChI=1S/C16H22N4O4/c1-6-23-15(21)13-7-12(8-20(13)5)18-16(22)17-9(2)14-10(3)19-24-11(14)4/h7-9H,6H2,1-5H3,(H2,17,18,22)/t9-/m0/s1. The first-order valence-electron chi connectivity index (χ1n) is 7.67. The molecule has 0 radical (unpaired) electrons. The molecule has 24 heavy (non-hydrogen) atoms. The molecule has 130 valence electrons. The van der Waals surface area contributed by atoms with E-state index in [-0.39, 0.29) is 12.1 Å². The van der Waals surface area contributed by atoms with Gasteiger partial charge in [0.25, 0.3) is 0 Å². The van der Waals surface area contributed by atoms with Crippen molar-refractivity contribution in [3.05, 3.63) is 35.0 Å². The minimum atomic E-state index is -0.433. The minimum Gasteiger partial charge on any atom is -0.461 e. The third-order valence-electron chi connectivity index (χ3n) is 3.62. The van der Waals surface area contributed by atoms with Gasteiger partial charge in [0.05, 0.1) is 24.0 Å². The molecule has 2 aromatic rings. The van der Waals surface area contributed by atoms with Crippen LogP contribution in [-0.2, 0) is 11.8 Å². The molecular weight excluding hydrogens is 312 g/mol. The first kappa shape index (κ1) is 17.6. The second kappa shape index (κ2) is 7.20. The molecule has 8 nitrogen and oxygen atoms in total. The predicted molar refractivity (Wildman–Crippen MR) is 87.9 cm³/mol. The molecule has 2 amide bonds. The van der Waals surface area contributed by atoms with E-state index >= 15 is 0 Å². The largest absolute Gasteiger partial charge is 0.461 e. The second-order valence-electron chi connectivity index (χ2n) is 5.50. The van der Waals surface area contributed by atoms with Gasteiger partial charge in [-0.15, -0.1) is 0 Å². The van der Waals surface area contributed by atoms with Crippen LogP contribution in [0.1, 0.15) is 47.4 Å². The number of carbonyl (C=O) groups is 2. The minimum absolute atomic E-state index is 0.260. The summed E-state index contributed by atoms with van der Waals surface area (Å²) in [6.07, 6.45) is 1.65. The molecule has 0 aliphatic rings. The van der Waals surface area contributed by atoms with E-state index in [4.69, 9.17) is 9.26 Å². The topological polar surface area (TPSA) is 98.4 Å². The summed E-state index contributed by atoms with van der Waals surface area (Å²) in [4.78, 5) is 23.9. The first-order valence-corrected chi connectivity index (χ1v) is 7.67. The lowest BCUT2D eigenvalue weighted by Gasteiger charge is -2.14. The molecule has 0 saturated carbocycles. The summed E-state index contributed by atoms with van der Waals surface area (Å²) in [7, 11) is 1.71. The van der Waals surface area contributed by atoms with Gasteiger partial charge in [-0.1, -0.05) is 5.16 Å². The molecule has 2 heterocycles. The number of hydrogen-bond acceptors (Lipinski definition) is 5. The van der Waals surface area contributed by atoms with E-state index in [1.54, 1.807) is 37.7 Å². The van der Waals surface area contributed by atoms with Crippen LogP contribution in [0.4, 0.5) is 10.5 Å². The molecule has 2 rings (SSSR count). The Labute approximate surface area is 140 Å². The molecule has 0 aromatic carbocycles. The van der Waals surface area contributed by atoms with Gasteiger partial charge in [-0.05, 0) is 33.8 Å². The summed E-state index contributed by atoms with van der Waals surface area (Å²) in [6.45, 7) is 7.51. The van der Waals surface area contributed by atoms with E-state index in [0.717, 1.165) is 11.3 Å². The third kappa shape index (κ3) is 3.76. The molecule has 2 N–H and O–H groups in total. The number of ether oxygens (including phenoxy) is 1. The molecule has 0 aliphatic carbocycles. The van der Waals surface area contributed by atoms with Gasteiger partial charge < -0.3 is 24.5 Å². The van der Waals surface area contributed by atoms with Crippen LogP contribution in [0.2, 0.25) is 0 Å². The number of nitrogens with one attached hydrogen (secondary N) is 2. The van der Waals surface area contributed by atoms with Crippen molar-refractivity contribution in [3.8, 4) is 0 Å². The van der Waals surface area contributed by atoms with E-state index in [0.29, 0.717) is 23.7 Å². The van der Waals surface area contributed by atoms with Gasteiger partial charge in [-0.3, -0.25) is 0 Å². The smallest absolute Gasteiger partial charge is 0.355 e. The molecular formula is C16H22N4O4. The van der Waals surface area contributed by atoms with E-state index in [1.165, 1.54) is 0 Å². The van der Waals surface area contributed by atoms with Crippen LogP contribution < -0.4 is 10.6 Å². The zero-order valence-corrected chi connectivity index (χ0v) is 14.5. The Morgan fingerprint density at radius 2 is 2.12 bits per heavy atom. The second-order valence-corrected chi connectivity index (χ2v) is 5.50. The summed E-state index contributed by atoms with van der Waals surface area (Å²) in [5.74, 6) is 0.238. The Hall–Kier alpha value is -2.77. The van der Waals surface area contributed by atoms with E-state index in [9.17, 15) is 9.59 Å². The van der Waals surface area contributed by atoms with Crippen molar-refractivity contribution in [2.75, 3.05) is 11.9 Å². The van der Waals surface area contributed by atoms with E-state index in [2.05, 4.69) is 15.8 Å². The average Bonchev–Trinajstić information content (AvgIpc) is 3.01. The molecule has 0 unspecified atom stereocenters. The molecule has 0 bridgehead atoms. The van der Waals surface area contributed by atoms with Crippen molar-refractivity contribution in [1.82, 2.24) is 15.0 Å². The van der Waals surface area contributed by atoms with E-state index < -0.39 is 5.97 Å². The fourth-order valence-electron chi connectivity index (χ4n) is 2.59. The van der Waals surface area contributed by atoms with Gasteiger partial charge in [0.1, 0.15) is 11.5 Å². The summed E-state index contributed by atoms with van der Waals surface area (Å²) < 4.78 is 11.7. The first-order chi connectivity index (χ1) is 11.3. The zero-order chi connectivity index (χ0) is 17.9. The highest BCUT2D eigenvalue weighted by Gasteiger charge is 2.19. The average molecular weight is 334 g/mol. The molecule has 2 aromatic heterocycles. The van der Waals surface area contributed by atoms with Crippen LogP contribution in [-0.4, -0.2) is 28.3 Å². The van der Waals surface area contributed by atoms with Gasteiger partial charge in [-0.25, -0.2) is 9.59 Å². The van der Waals surface area contributed by atoms with E-state index in [1.807, 2.05) is 13.8 Å². The number of esters is 1. The summed E-state index contributed by atoms with van der Waals surface area (Å²) in [6, 6.07) is 0.922. The predicted octanol–water partition coefficient (Wildman–Crippen LogP) is 2.69. The number of urea groups is 1. The maximum absolute atomic E-state index is 12.2. The number of rotatable bonds is 5. The van der Waals surface area contributed by atoms with Gasteiger partial charge in [-0.2, -0.15) is 0 Å². The molecule has 0 saturated heterocycles. The van der Waals surface area contributed by atoms with Crippen LogP contribution in [0, 0.1) is 13.8 Å². The summed E-state index contributed by atoms with van der Waals surface area (Å²) >= 11 is 0. The summed E-state index contributed by atoms with van der Waals surface area (Å²) in [5.41, 5.74) is 2.46. The van der Waals surface area contributed by atoms with Crippen molar-refractivity contribution in [2.24, 2.45) is 7.05 Å². The van der Waals surface area contributed by atoms with Gasteiger partial charge in [0.2, 0.25) is 0 Å². The Kier molecular flexibility index (Phi) is 5.28.